The quantitative estimate of drug-likeness (QED) is 0.831. The van der Waals surface area contributed by atoms with Crippen molar-refractivity contribution >= 4 is 39.3 Å². The van der Waals surface area contributed by atoms with E-state index in [0.29, 0.717) is 0 Å². The van der Waals surface area contributed by atoms with E-state index in [9.17, 15) is 9.90 Å². The smallest absolute Gasteiger partial charge is 0.221 e. The number of hydrogen-bond donors (Lipinski definition) is 2. The third kappa shape index (κ3) is 4.59. The van der Waals surface area contributed by atoms with Crippen LogP contribution in [0.2, 0.25) is 0 Å². The van der Waals surface area contributed by atoms with Crippen molar-refractivity contribution in [2.24, 2.45) is 0 Å². The highest BCUT2D eigenvalue weighted by molar-refractivity contribution is 9.10. The highest BCUT2D eigenvalue weighted by Crippen LogP contribution is 2.33. The number of halogens is 1. The van der Waals surface area contributed by atoms with Crippen molar-refractivity contribution in [2.45, 2.75) is 29.7 Å². The van der Waals surface area contributed by atoms with Gasteiger partial charge in [0.25, 0.3) is 0 Å². The molecule has 1 amide bonds. The molecule has 2 aromatic rings. The third-order valence-corrected chi connectivity index (χ3v) is 4.52. The van der Waals surface area contributed by atoms with Crippen molar-refractivity contribution in [3.63, 3.8) is 0 Å². The first-order valence-electron chi connectivity index (χ1n) is 6.48. The number of rotatable bonds is 4. The van der Waals surface area contributed by atoms with Crippen LogP contribution in [0.1, 0.15) is 25.5 Å². The Morgan fingerprint density at radius 2 is 1.81 bits per heavy atom. The molecule has 0 saturated heterocycles. The lowest BCUT2D eigenvalue weighted by Crippen LogP contribution is -2.05. The summed E-state index contributed by atoms with van der Waals surface area (Å²) < 4.78 is 0.900. The fraction of sp³-hybridized carbons (Fsp3) is 0.188. The summed E-state index contributed by atoms with van der Waals surface area (Å²) in [6, 6.07) is 13.6. The molecular formula is C16H16BrNO2S. The van der Waals surface area contributed by atoms with Crippen molar-refractivity contribution in [2.75, 3.05) is 5.32 Å². The fourth-order valence-electron chi connectivity index (χ4n) is 1.86. The topological polar surface area (TPSA) is 49.3 Å². The minimum Gasteiger partial charge on any atom is -0.389 e. The molecule has 0 aliphatic carbocycles. The van der Waals surface area contributed by atoms with E-state index in [-0.39, 0.29) is 5.91 Å². The molecule has 0 spiro atoms. The van der Waals surface area contributed by atoms with Crippen LogP contribution in [-0.2, 0) is 4.79 Å². The normalized spacial score (nSPS) is 12.0. The van der Waals surface area contributed by atoms with Crippen LogP contribution in [0.3, 0.4) is 0 Å². The molecule has 2 N–H and O–H groups in total. The van der Waals surface area contributed by atoms with Gasteiger partial charge in [-0.3, -0.25) is 4.79 Å². The van der Waals surface area contributed by atoms with Crippen molar-refractivity contribution in [3.8, 4) is 0 Å². The summed E-state index contributed by atoms with van der Waals surface area (Å²) in [6.45, 7) is 3.23. The lowest BCUT2D eigenvalue weighted by atomic mass is 10.1. The zero-order valence-electron chi connectivity index (χ0n) is 11.8. The molecule has 1 atom stereocenters. The Morgan fingerprint density at radius 3 is 2.33 bits per heavy atom. The molecule has 0 aliphatic rings. The molecule has 110 valence electrons. The van der Waals surface area contributed by atoms with Crippen LogP contribution >= 0.6 is 27.7 Å². The van der Waals surface area contributed by atoms with E-state index in [1.54, 1.807) is 18.7 Å². The van der Waals surface area contributed by atoms with Crippen molar-refractivity contribution in [1.29, 1.82) is 0 Å². The Labute approximate surface area is 136 Å². The fourth-order valence-corrected chi connectivity index (χ4v) is 3.57. The van der Waals surface area contributed by atoms with Gasteiger partial charge >= 0.3 is 0 Å². The lowest BCUT2D eigenvalue weighted by Gasteiger charge is -2.10. The van der Waals surface area contributed by atoms with Crippen LogP contribution in [0.5, 0.6) is 0 Å². The summed E-state index contributed by atoms with van der Waals surface area (Å²) in [5, 5.41) is 12.4. The lowest BCUT2D eigenvalue weighted by molar-refractivity contribution is -0.114. The summed E-state index contributed by atoms with van der Waals surface area (Å²) in [5.41, 5.74) is 1.66. The number of aliphatic hydroxyl groups is 1. The third-order valence-electron chi connectivity index (χ3n) is 2.83. The number of nitrogens with one attached hydrogen (secondary N) is 1. The molecule has 2 aromatic carbocycles. The first-order chi connectivity index (χ1) is 9.95. The molecule has 21 heavy (non-hydrogen) atoms. The Kier molecular flexibility index (Phi) is 5.45. The van der Waals surface area contributed by atoms with Crippen LogP contribution in [-0.4, -0.2) is 11.0 Å². The SMILES string of the molecule is CC(=O)Nc1ccc(Sc2ccc([C@@H](C)O)c(Br)c2)cc1. The largest absolute Gasteiger partial charge is 0.389 e. The molecular weight excluding hydrogens is 350 g/mol. The Bertz CT molecular complexity index is 641. The highest BCUT2D eigenvalue weighted by atomic mass is 79.9. The minimum atomic E-state index is -0.490. The van der Waals surface area contributed by atoms with E-state index in [4.69, 9.17) is 0 Å². The average Bonchev–Trinajstić information content (AvgIpc) is 2.40. The summed E-state index contributed by atoms with van der Waals surface area (Å²) in [6.07, 6.45) is -0.490. The van der Waals surface area contributed by atoms with Gasteiger partial charge in [-0.2, -0.15) is 0 Å². The predicted molar refractivity (Wildman–Crippen MR) is 89.6 cm³/mol. The molecule has 0 saturated carbocycles. The van der Waals surface area contributed by atoms with Crippen LogP contribution in [0.15, 0.2) is 56.7 Å². The van der Waals surface area contributed by atoms with Crippen LogP contribution in [0.25, 0.3) is 0 Å². The van der Waals surface area contributed by atoms with E-state index in [0.717, 1.165) is 25.5 Å². The molecule has 0 unspecified atom stereocenters. The molecule has 5 heteroatoms. The van der Waals surface area contributed by atoms with E-state index in [2.05, 4.69) is 21.2 Å². The molecule has 0 aliphatic heterocycles. The van der Waals surface area contributed by atoms with Gasteiger partial charge in [0.2, 0.25) is 5.91 Å². The Hall–Kier alpha value is -1.30. The summed E-state index contributed by atoms with van der Waals surface area (Å²) in [4.78, 5) is 13.1. The van der Waals surface area contributed by atoms with Gasteiger partial charge in [0.15, 0.2) is 0 Å². The minimum absolute atomic E-state index is 0.0759. The van der Waals surface area contributed by atoms with Crippen molar-refractivity contribution < 1.29 is 9.90 Å². The molecule has 0 radical (unpaired) electrons. The van der Waals surface area contributed by atoms with Gasteiger partial charge in [-0.05, 0) is 48.9 Å². The Balaban J connectivity index is 2.11. The molecule has 2 rings (SSSR count). The van der Waals surface area contributed by atoms with Gasteiger partial charge in [0.05, 0.1) is 6.10 Å². The maximum Gasteiger partial charge on any atom is 0.221 e. The van der Waals surface area contributed by atoms with Crippen molar-refractivity contribution in [3.05, 3.63) is 52.5 Å². The standard InChI is InChI=1S/C16H16BrNO2S/c1-10(19)15-8-7-14(9-16(15)17)21-13-5-3-12(4-6-13)18-11(2)20/h3-10,19H,1-2H3,(H,18,20)/t10-/m1/s1. The number of aliphatic hydroxyl groups excluding tert-OH is 1. The summed E-state index contributed by atoms with van der Waals surface area (Å²) in [5.74, 6) is -0.0759. The predicted octanol–water partition coefficient (Wildman–Crippen LogP) is 4.61. The molecule has 0 heterocycles. The van der Waals surface area contributed by atoms with Gasteiger partial charge in [-0.25, -0.2) is 0 Å². The maximum atomic E-state index is 11.0. The number of amides is 1. The first kappa shape index (κ1) is 16.1. The second kappa shape index (κ2) is 7.11. The van der Waals surface area contributed by atoms with Crippen LogP contribution in [0, 0.1) is 0 Å². The van der Waals surface area contributed by atoms with E-state index < -0.39 is 6.10 Å². The zero-order valence-corrected chi connectivity index (χ0v) is 14.2. The molecule has 0 bridgehead atoms. The molecule has 0 fully saturated rings. The number of benzene rings is 2. The highest BCUT2D eigenvalue weighted by Gasteiger charge is 2.07. The van der Waals surface area contributed by atoms with Crippen LogP contribution < -0.4 is 5.32 Å². The zero-order chi connectivity index (χ0) is 15.4. The number of hydrogen-bond acceptors (Lipinski definition) is 3. The van der Waals surface area contributed by atoms with Gasteiger partial charge < -0.3 is 10.4 Å². The van der Waals surface area contributed by atoms with Gasteiger partial charge in [-0.1, -0.05) is 33.8 Å². The van der Waals surface area contributed by atoms with E-state index in [1.165, 1.54) is 6.92 Å². The average molecular weight is 366 g/mol. The van der Waals surface area contributed by atoms with E-state index in [1.807, 2.05) is 42.5 Å². The number of carbonyl (C=O) groups excluding carboxylic acids is 1. The first-order valence-corrected chi connectivity index (χ1v) is 8.09. The van der Waals surface area contributed by atoms with Crippen LogP contribution in [0.4, 0.5) is 5.69 Å². The maximum absolute atomic E-state index is 11.0. The molecule has 3 nitrogen and oxygen atoms in total. The van der Waals surface area contributed by atoms with Crippen molar-refractivity contribution in [1.82, 2.24) is 0 Å². The number of anilines is 1. The van der Waals surface area contributed by atoms with Gasteiger partial charge in [0.1, 0.15) is 0 Å². The second-order valence-corrected chi connectivity index (χ2v) is 6.67. The number of carbonyl (C=O) groups is 1. The molecule has 0 aromatic heterocycles. The second-order valence-electron chi connectivity index (χ2n) is 4.67. The monoisotopic (exact) mass is 365 g/mol. The Morgan fingerprint density at radius 1 is 1.19 bits per heavy atom. The van der Waals surface area contributed by atoms with E-state index >= 15 is 0 Å². The van der Waals surface area contributed by atoms with Gasteiger partial charge in [-0.15, -0.1) is 0 Å². The summed E-state index contributed by atoms with van der Waals surface area (Å²) >= 11 is 5.10. The van der Waals surface area contributed by atoms with Gasteiger partial charge in [0, 0.05) is 26.9 Å². The summed E-state index contributed by atoms with van der Waals surface area (Å²) in [7, 11) is 0.